The van der Waals surface area contributed by atoms with Gasteiger partial charge in [0.15, 0.2) is 0 Å². The molecule has 0 saturated heterocycles. The molecule has 0 aliphatic carbocycles. The van der Waals surface area contributed by atoms with Gasteiger partial charge in [-0.25, -0.2) is 9.78 Å². The summed E-state index contributed by atoms with van der Waals surface area (Å²) in [5.41, 5.74) is 4.06. The molecule has 0 aliphatic heterocycles. The van der Waals surface area contributed by atoms with Gasteiger partial charge in [0.25, 0.3) is 5.56 Å². The summed E-state index contributed by atoms with van der Waals surface area (Å²) in [7, 11) is 0. The third-order valence-electron chi connectivity index (χ3n) is 4.41. The normalized spacial score (nSPS) is 10.8. The van der Waals surface area contributed by atoms with E-state index in [4.69, 9.17) is 0 Å². The van der Waals surface area contributed by atoms with Crippen molar-refractivity contribution in [2.45, 2.75) is 20.4 Å². The van der Waals surface area contributed by atoms with Crippen LogP contribution >= 0.6 is 11.3 Å². The van der Waals surface area contributed by atoms with Crippen molar-refractivity contribution in [2.75, 3.05) is 5.32 Å². The molecule has 0 unspecified atom stereocenters. The monoisotopic (exact) mass is 405 g/mol. The molecule has 2 amide bonds. The molecule has 8 heteroatoms. The first-order valence-corrected chi connectivity index (χ1v) is 9.88. The average molecular weight is 405 g/mol. The summed E-state index contributed by atoms with van der Waals surface area (Å²) in [5, 5.41) is 10.6. The van der Waals surface area contributed by atoms with Crippen molar-refractivity contribution >= 4 is 28.0 Å². The maximum atomic E-state index is 12.4. The van der Waals surface area contributed by atoms with Crippen molar-refractivity contribution in [3.8, 4) is 10.6 Å². The molecule has 0 fully saturated rings. The van der Waals surface area contributed by atoms with E-state index in [9.17, 15) is 9.59 Å². The predicted octanol–water partition coefficient (Wildman–Crippen LogP) is 3.76. The number of hydrogen-bond donors (Lipinski definition) is 2. The van der Waals surface area contributed by atoms with Crippen LogP contribution in [0.25, 0.3) is 15.5 Å². The maximum absolute atomic E-state index is 12.4. The molecule has 2 aromatic heterocycles. The standard InChI is InChI=1S/C21H19N5O2S/c1-13-7-9-15(10-8-13)23-20(28)22-12-16-11-18(27)26-21(24-16)29-19(25-26)17-6-4-3-5-14(17)2/h3-11H,12H2,1-2H3,(H2,22,23,28). The number of nitrogens with one attached hydrogen (secondary N) is 2. The van der Waals surface area contributed by atoms with Crippen molar-refractivity contribution in [3.05, 3.63) is 81.8 Å². The number of fused-ring (bicyclic) bond motifs is 1. The quantitative estimate of drug-likeness (QED) is 0.541. The van der Waals surface area contributed by atoms with Gasteiger partial charge in [0.2, 0.25) is 4.96 Å². The predicted molar refractivity (Wildman–Crippen MR) is 114 cm³/mol. The fraction of sp³-hybridized carbons (Fsp3) is 0.143. The van der Waals surface area contributed by atoms with E-state index in [-0.39, 0.29) is 18.1 Å². The molecule has 146 valence electrons. The Labute approximate surface area is 171 Å². The first-order chi connectivity index (χ1) is 14.0. The van der Waals surface area contributed by atoms with E-state index in [2.05, 4.69) is 20.7 Å². The number of amides is 2. The SMILES string of the molecule is Cc1ccc(NC(=O)NCc2cc(=O)n3nc(-c4ccccc4C)sc3n2)cc1. The molecule has 0 saturated carbocycles. The number of anilines is 1. The van der Waals surface area contributed by atoms with Gasteiger partial charge in [-0.1, -0.05) is 53.3 Å². The lowest BCUT2D eigenvalue weighted by Gasteiger charge is -2.07. The van der Waals surface area contributed by atoms with E-state index >= 15 is 0 Å². The second kappa shape index (κ2) is 7.84. The minimum absolute atomic E-state index is 0.140. The number of benzene rings is 2. The minimum Gasteiger partial charge on any atom is -0.332 e. The number of nitrogens with zero attached hydrogens (tertiary/aromatic N) is 3. The van der Waals surface area contributed by atoms with E-state index in [1.54, 1.807) is 0 Å². The van der Waals surface area contributed by atoms with Crippen molar-refractivity contribution in [3.63, 3.8) is 0 Å². The summed E-state index contributed by atoms with van der Waals surface area (Å²) in [5.74, 6) is 0. The Balaban J connectivity index is 1.51. The third kappa shape index (κ3) is 4.17. The van der Waals surface area contributed by atoms with Crippen LogP contribution in [0.4, 0.5) is 10.5 Å². The molecule has 0 atom stereocenters. The molecule has 4 rings (SSSR count). The summed E-state index contributed by atoms with van der Waals surface area (Å²) >= 11 is 1.34. The summed E-state index contributed by atoms with van der Waals surface area (Å²) in [6, 6.07) is 16.4. The molecule has 0 bridgehead atoms. The second-order valence-electron chi connectivity index (χ2n) is 6.68. The van der Waals surface area contributed by atoms with Crippen LogP contribution in [0.15, 0.2) is 59.4 Å². The zero-order chi connectivity index (χ0) is 20.4. The molecule has 0 aliphatic rings. The van der Waals surface area contributed by atoms with Crippen molar-refractivity contribution in [1.82, 2.24) is 19.9 Å². The van der Waals surface area contributed by atoms with E-state index in [0.29, 0.717) is 16.3 Å². The van der Waals surface area contributed by atoms with Gasteiger partial charge in [-0.3, -0.25) is 4.79 Å². The van der Waals surface area contributed by atoms with E-state index in [1.165, 1.54) is 21.9 Å². The lowest BCUT2D eigenvalue weighted by molar-refractivity contribution is 0.251. The molecule has 0 radical (unpaired) electrons. The summed E-state index contributed by atoms with van der Waals surface area (Å²) in [6.07, 6.45) is 0. The summed E-state index contributed by atoms with van der Waals surface area (Å²) < 4.78 is 1.29. The van der Waals surface area contributed by atoms with Gasteiger partial charge < -0.3 is 10.6 Å². The van der Waals surface area contributed by atoms with E-state index in [1.807, 2.05) is 62.4 Å². The average Bonchev–Trinajstić information content (AvgIpc) is 3.13. The number of aromatic nitrogens is 3. The Hall–Kier alpha value is -3.52. The number of hydrogen-bond acceptors (Lipinski definition) is 5. The summed E-state index contributed by atoms with van der Waals surface area (Å²) in [6.45, 7) is 4.12. The highest BCUT2D eigenvalue weighted by Gasteiger charge is 2.12. The minimum atomic E-state index is -0.360. The van der Waals surface area contributed by atoms with E-state index < -0.39 is 0 Å². The Morgan fingerprint density at radius 2 is 1.86 bits per heavy atom. The highest BCUT2D eigenvalue weighted by molar-refractivity contribution is 7.19. The fourth-order valence-electron chi connectivity index (χ4n) is 2.85. The molecule has 2 N–H and O–H groups in total. The Morgan fingerprint density at radius 3 is 2.62 bits per heavy atom. The van der Waals surface area contributed by atoms with Gasteiger partial charge in [0.05, 0.1) is 12.2 Å². The lowest BCUT2D eigenvalue weighted by atomic mass is 10.1. The Kier molecular flexibility index (Phi) is 5.09. The molecular weight excluding hydrogens is 386 g/mol. The van der Waals surface area contributed by atoms with Crippen LogP contribution in [-0.2, 0) is 6.54 Å². The molecule has 7 nitrogen and oxygen atoms in total. The van der Waals surface area contributed by atoms with Crippen LogP contribution in [0.2, 0.25) is 0 Å². The van der Waals surface area contributed by atoms with Crippen LogP contribution in [0.1, 0.15) is 16.8 Å². The van der Waals surface area contributed by atoms with E-state index in [0.717, 1.165) is 21.7 Å². The number of urea groups is 1. The van der Waals surface area contributed by atoms with Crippen molar-refractivity contribution in [2.24, 2.45) is 0 Å². The van der Waals surface area contributed by atoms with Gasteiger partial charge >= 0.3 is 6.03 Å². The van der Waals surface area contributed by atoms with Gasteiger partial charge in [0, 0.05) is 17.3 Å². The Morgan fingerprint density at radius 1 is 1.10 bits per heavy atom. The third-order valence-corrected chi connectivity index (χ3v) is 5.35. The second-order valence-corrected chi connectivity index (χ2v) is 7.63. The van der Waals surface area contributed by atoms with Crippen LogP contribution in [0, 0.1) is 13.8 Å². The van der Waals surface area contributed by atoms with Gasteiger partial charge in [0.1, 0.15) is 5.01 Å². The van der Waals surface area contributed by atoms with Gasteiger partial charge in [-0.05, 0) is 31.5 Å². The van der Waals surface area contributed by atoms with Crippen LogP contribution in [-0.4, -0.2) is 20.6 Å². The Bertz CT molecular complexity index is 1240. The maximum Gasteiger partial charge on any atom is 0.319 e. The van der Waals surface area contributed by atoms with Gasteiger partial charge in [-0.15, -0.1) is 0 Å². The van der Waals surface area contributed by atoms with Crippen LogP contribution < -0.4 is 16.2 Å². The highest BCUT2D eigenvalue weighted by atomic mass is 32.1. The first-order valence-electron chi connectivity index (χ1n) is 9.07. The number of carbonyl (C=O) groups excluding carboxylic acids is 1. The first kappa shape index (κ1) is 18.8. The summed E-state index contributed by atoms with van der Waals surface area (Å²) in [4.78, 5) is 29.5. The van der Waals surface area contributed by atoms with Crippen molar-refractivity contribution in [1.29, 1.82) is 0 Å². The highest BCUT2D eigenvalue weighted by Crippen LogP contribution is 2.26. The van der Waals surface area contributed by atoms with Crippen molar-refractivity contribution < 1.29 is 4.79 Å². The zero-order valence-corrected chi connectivity index (χ0v) is 16.8. The van der Waals surface area contributed by atoms with Crippen LogP contribution in [0.3, 0.4) is 0 Å². The smallest absolute Gasteiger partial charge is 0.319 e. The topological polar surface area (TPSA) is 88.4 Å². The molecule has 2 aromatic carbocycles. The fourth-order valence-corrected chi connectivity index (χ4v) is 3.87. The number of carbonyl (C=O) groups is 1. The molecule has 2 heterocycles. The lowest BCUT2D eigenvalue weighted by Crippen LogP contribution is -2.29. The number of aryl methyl sites for hydroxylation is 2. The largest absolute Gasteiger partial charge is 0.332 e. The molecular formula is C21H19N5O2S. The molecule has 0 spiro atoms. The van der Waals surface area contributed by atoms with Gasteiger partial charge in [-0.2, -0.15) is 9.61 Å². The zero-order valence-electron chi connectivity index (χ0n) is 16.0. The van der Waals surface area contributed by atoms with Crippen LogP contribution in [0.5, 0.6) is 0 Å². The molecule has 29 heavy (non-hydrogen) atoms. The molecule has 4 aromatic rings. The number of rotatable bonds is 4.